The van der Waals surface area contributed by atoms with Crippen molar-refractivity contribution in [3.63, 3.8) is 0 Å². The fourth-order valence-electron chi connectivity index (χ4n) is 5.07. The van der Waals surface area contributed by atoms with Gasteiger partial charge in [0.2, 0.25) is 12.2 Å². The van der Waals surface area contributed by atoms with Gasteiger partial charge in [0.25, 0.3) is 5.91 Å². The van der Waals surface area contributed by atoms with Crippen LogP contribution in [-0.2, 0) is 22.6 Å². The van der Waals surface area contributed by atoms with Crippen LogP contribution in [0, 0.1) is 5.41 Å². The lowest BCUT2D eigenvalue weighted by atomic mass is 10.0. The molecular weight excluding hydrogens is 528 g/mol. The van der Waals surface area contributed by atoms with Gasteiger partial charge in [-0.1, -0.05) is 78.9 Å². The molecule has 1 heterocycles. The number of amides is 2. The molecule has 9 heteroatoms. The Bertz CT molecular complexity index is 1500. The summed E-state index contributed by atoms with van der Waals surface area (Å²) in [5, 5.41) is 10.9. The summed E-state index contributed by atoms with van der Waals surface area (Å²) < 4.78 is 1.87. The highest BCUT2D eigenvalue weighted by molar-refractivity contribution is 6.09. The molecule has 0 fully saturated rings. The third-order valence-electron chi connectivity index (χ3n) is 7.23. The standard InChI is InChI=1S/C33H37N6O3/c34-28(18-9-15-24-11-3-1-4-12-24)31(41)39(27(23-40)17-10-20-37-33(35)36)32(42)30-21-26-16-7-8-19-29(26)38(30)22-25-13-5-2-6-14-25/h1-8,11-14,16,19,21,27-28H,9-10,15,17-18,20,22,34H2,(H4,35,36,37)/t27-,28+/m0/s1. The van der Waals surface area contributed by atoms with E-state index in [4.69, 9.17) is 16.9 Å². The van der Waals surface area contributed by atoms with Crippen LogP contribution in [0.1, 0.15) is 47.3 Å². The molecule has 0 bridgehead atoms. The third-order valence-corrected chi connectivity index (χ3v) is 7.23. The van der Waals surface area contributed by atoms with Crippen LogP contribution in [0.5, 0.6) is 0 Å². The number of carbonyl (C=O) groups is 2. The summed E-state index contributed by atoms with van der Waals surface area (Å²) in [6.07, 6.45) is 4.18. The zero-order valence-electron chi connectivity index (χ0n) is 23.5. The number of fused-ring (bicyclic) bond motifs is 1. The molecule has 0 aliphatic carbocycles. The molecule has 42 heavy (non-hydrogen) atoms. The number of para-hydroxylation sites is 1. The van der Waals surface area contributed by atoms with E-state index in [1.807, 2.05) is 95.8 Å². The predicted molar refractivity (Wildman–Crippen MR) is 165 cm³/mol. The van der Waals surface area contributed by atoms with Gasteiger partial charge in [0.1, 0.15) is 11.7 Å². The second-order valence-corrected chi connectivity index (χ2v) is 10.3. The van der Waals surface area contributed by atoms with E-state index in [0.29, 0.717) is 32.4 Å². The Balaban J connectivity index is 1.64. The normalized spacial score (nSPS) is 12.4. The molecule has 0 aliphatic rings. The average Bonchev–Trinajstić information content (AvgIpc) is 3.37. The number of nitrogens with one attached hydrogen (secondary N) is 2. The van der Waals surface area contributed by atoms with E-state index in [-0.39, 0.29) is 18.1 Å². The summed E-state index contributed by atoms with van der Waals surface area (Å²) in [6, 6.07) is 26.9. The number of nitrogens with zero attached hydrogens (tertiary/aromatic N) is 2. The number of rotatable bonds is 14. The van der Waals surface area contributed by atoms with Crippen molar-refractivity contribution >= 4 is 35.0 Å². The highest BCUT2D eigenvalue weighted by atomic mass is 16.2. The first-order valence-corrected chi connectivity index (χ1v) is 14.1. The predicted octanol–water partition coefficient (Wildman–Crippen LogP) is 3.75. The monoisotopic (exact) mass is 565 g/mol. The van der Waals surface area contributed by atoms with Gasteiger partial charge >= 0.3 is 0 Å². The third kappa shape index (κ3) is 7.70. The van der Waals surface area contributed by atoms with Gasteiger partial charge in [-0.3, -0.25) is 24.7 Å². The van der Waals surface area contributed by atoms with Crippen molar-refractivity contribution in [2.45, 2.75) is 50.7 Å². The molecular formula is C33H37N6O3. The maximum absolute atomic E-state index is 14.3. The number of aromatic nitrogens is 1. The Morgan fingerprint density at radius 2 is 1.55 bits per heavy atom. The van der Waals surface area contributed by atoms with Gasteiger partial charge in [0.15, 0.2) is 5.96 Å². The Morgan fingerprint density at radius 3 is 2.21 bits per heavy atom. The van der Waals surface area contributed by atoms with Crippen molar-refractivity contribution < 1.29 is 14.4 Å². The molecule has 6 N–H and O–H groups in total. The molecule has 2 atom stereocenters. The number of benzene rings is 3. The fraction of sp³-hybridized carbons (Fsp3) is 0.273. The maximum atomic E-state index is 14.3. The molecule has 1 radical (unpaired) electrons. The molecule has 0 saturated heterocycles. The van der Waals surface area contributed by atoms with E-state index in [9.17, 15) is 14.4 Å². The van der Waals surface area contributed by atoms with Crippen molar-refractivity contribution in [1.82, 2.24) is 14.8 Å². The van der Waals surface area contributed by atoms with Crippen molar-refractivity contribution in [1.29, 1.82) is 5.41 Å². The lowest BCUT2D eigenvalue weighted by molar-refractivity contribution is -0.131. The summed E-state index contributed by atoms with van der Waals surface area (Å²) in [7, 11) is 0. The van der Waals surface area contributed by atoms with Crippen LogP contribution in [-0.4, -0.2) is 52.2 Å². The Labute approximate surface area is 246 Å². The molecule has 0 aliphatic heterocycles. The SMILES string of the molecule is N=C(N)NCCC[C@@H]([C]=O)N(C(=O)c1cc2ccccc2n1Cc1ccccc1)C(=O)[C@H](N)CCCc1ccccc1. The number of imide groups is 1. The molecule has 9 nitrogen and oxygen atoms in total. The Kier molecular flexibility index (Phi) is 10.6. The minimum Gasteiger partial charge on any atom is -0.370 e. The molecule has 4 rings (SSSR count). The van der Waals surface area contributed by atoms with Gasteiger partial charge in [-0.05, 0) is 55.4 Å². The fourth-order valence-corrected chi connectivity index (χ4v) is 5.07. The minimum absolute atomic E-state index is 0.150. The molecule has 3 aromatic carbocycles. The van der Waals surface area contributed by atoms with Crippen LogP contribution in [0.15, 0.2) is 91.0 Å². The summed E-state index contributed by atoms with van der Waals surface area (Å²) in [5.74, 6) is -1.41. The summed E-state index contributed by atoms with van der Waals surface area (Å²) in [5.41, 5.74) is 15.0. The van der Waals surface area contributed by atoms with Gasteiger partial charge in [0.05, 0.1) is 6.04 Å². The maximum Gasteiger partial charge on any atom is 0.277 e. The lowest BCUT2D eigenvalue weighted by Gasteiger charge is -2.29. The van der Waals surface area contributed by atoms with Crippen LogP contribution in [0.25, 0.3) is 10.9 Å². The van der Waals surface area contributed by atoms with Crippen molar-refractivity contribution in [2.24, 2.45) is 11.5 Å². The number of aryl methyl sites for hydroxylation is 1. The molecule has 4 aromatic rings. The highest BCUT2D eigenvalue weighted by Crippen LogP contribution is 2.24. The second-order valence-electron chi connectivity index (χ2n) is 10.3. The van der Waals surface area contributed by atoms with Crippen molar-refractivity contribution in [3.8, 4) is 0 Å². The van der Waals surface area contributed by atoms with Crippen molar-refractivity contribution in [3.05, 3.63) is 108 Å². The van der Waals surface area contributed by atoms with E-state index in [1.165, 1.54) is 0 Å². The van der Waals surface area contributed by atoms with Crippen LogP contribution < -0.4 is 16.8 Å². The average molecular weight is 566 g/mol. The minimum atomic E-state index is -1.15. The first-order valence-electron chi connectivity index (χ1n) is 14.1. The van der Waals surface area contributed by atoms with E-state index < -0.39 is 23.9 Å². The zero-order valence-corrected chi connectivity index (χ0v) is 23.5. The second kappa shape index (κ2) is 14.7. The summed E-state index contributed by atoms with van der Waals surface area (Å²) in [4.78, 5) is 41.4. The quantitative estimate of drug-likeness (QED) is 0.104. The van der Waals surface area contributed by atoms with E-state index in [2.05, 4.69) is 5.32 Å². The van der Waals surface area contributed by atoms with Crippen LogP contribution in [0.3, 0.4) is 0 Å². The molecule has 0 saturated carbocycles. The number of hydrogen-bond acceptors (Lipinski definition) is 5. The number of carbonyl (C=O) groups excluding carboxylic acids is 3. The highest BCUT2D eigenvalue weighted by Gasteiger charge is 2.35. The first kappa shape index (κ1) is 30.2. The van der Waals surface area contributed by atoms with E-state index >= 15 is 0 Å². The molecule has 217 valence electrons. The van der Waals surface area contributed by atoms with Gasteiger partial charge in [-0.25, -0.2) is 0 Å². The molecule has 1 aromatic heterocycles. The number of nitrogens with two attached hydrogens (primary N) is 2. The smallest absolute Gasteiger partial charge is 0.277 e. The Morgan fingerprint density at radius 1 is 0.905 bits per heavy atom. The summed E-state index contributed by atoms with van der Waals surface area (Å²) >= 11 is 0. The van der Waals surface area contributed by atoms with Gasteiger partial charge in [-0.2, -0.15) is 0 Å². The topological polar surface area (TPSA) is 147 Å². The largest absolute Gasteiger partial charge is 0.370 e. The molecule has 0 spiro atoms. The Hall–Kier alpha value is -4.76. The van der Waals surface area contributed by atoms with Gasteiger partial charge in [-0.15, -0.1) is 0 Å². The summed E-state index contributed by atoms with van der Waals surface area (Å²) in [6.45, 7) is 0.708. The van der Waals surface area contributed by atoms with E-state index in [0.717, 1.165) is 33.4 Å². The molecule has 2 amide bonds. The van der Waals surface area contributed by atoms with Crippen LogP contribution in [0.2, 0.25) is 0 Å². The van der Waals surface area contributed by atoms with Crippen LogP contribution in [0.4, 0.5) is 0 Å². The number of hydrogen-bond donors (Lipinski definition) is 4. The van der Waals surface area contributed by atoms with Gasteiger partial charge in [0, 0.05) is 24.0 Å². The first-order chi connectivity index (χ1) is 20.4. The van der Waals surface area contributed by atoms with Crippen LogP contribution >= 0.6 is 0 Å². The van der Waals surface area contributed by atoms with Crippen molar-refractivity contribution in [2.75, 3.05) is 6.54 Å². The number of guanidine groups is 1. The van der Waals surface area contributed by atoms with Gasteiger partial charge < -0.3 is 21.4 Å². The zero-order chi connectivity index (χ0) is 29.9. The van der Waals surface area contributed by atoms with E-state index in [1.54, 1.807) is 6.07 Å². The molecule has 0 unspecified atom stereocenters. The lowest BCUT2D eigenvalue weighted by Crippen LogP contribution is -2.52.